The van der Waals surface area contributed by atoms with Crippen molar-refractivity contribution in [3.05, 3.63) is 0 Å². The van der Waals surface area contributed by atoms with Crippen LogP contribution in [0.3, 0.4) is 0 Å². The van der Waals surface area contributed by atoms with Gasteiger partial charge in [-0.1, -0.05) is 0 Å². The second kappa shape index (κ2) is 4.92. The molecule has 3 N–H and O–H groups in total. The maximum atomic E-state index is 11.8. The van der Waals surface area contributed by atoms with Gasteiger partial charge in [0, 0.05) is 6.54 Å². The summed E-state index contributed by atoms with van der Waals surface area (Å²) in [5, 5.41) is 15.3. The van der Waals surface area contributed by atoms with E-state index in [0.717, 1.165) is 0 Å². The minimum absolute atomic E-state index is 0.124. The van der Waals surface area contributed by atoms with Crippen LogP contribution in [0, 0.1) is 0 Å². The number of aliphatic hydroxyl groups is 1. The second-order valence-electron chi connectivity index (χ2n) is 4.47. The molecule has 1 saturated heterocycles. The quantitative estimate of drug-likeness (QED) is 0.580. The third-order valence-corrected chi connectivity index (χ3v) is 2.73. The number of aliphatic hydroxyl groups excluding tert-OH is 1. The molecule has 5 nitrogen and oxygen atoms in total. The highest BCUT2D eigenvalue weighted by Gasteiger charge is 2.30. The zero-order valence-electron chi connectivity index (χ0n) is 9.54. The molecular formula is C10H20N2O3. The number of morpholine rings is 1. The minimum atomic E-state index is -0.615. The first-order valence-corrected chi connectivity index (χ1v) is 5.24. The maximum absolute atomic E-state index is 11.8. The molecule has 1 aliphatic rings. The number of ether oxygens (including phenoxy) is 1. The Kier molecular flexibility index (Phi) is 4.07. The van der Waals surface area contributed by atoms with Gasteiger partial charge in [0.25, 0.3) is 0 Å². The van der Waals surface area contributed by atoms with Gasteiger partial charge >= 0.3 is 0 Å². The Bertz CT molecular complexity index is 223. The van der Waals surface area contributed by atoms with Crippen LogP contribution in [0.4, 0.5) is 0 Å². The predicted octanol–water partition coefficient (Wildman–Crippen LogP) is -0.750. The van der Waals surface area contributed by atoms with Gasteiger partial charge in [-0.15, -0.1) is 0 Å². The smallest absolute Gasteiger partial charge is 0.240 e. The Labute approximate surface area is 90.2 Å². The molecule has 0 bridgehead atoms. The number of nitrogens with one attached hydrogen (secondary N) is 2. The molecule has 2 atom stereocenters. The van der Waals surface area contributed by atoms with Crippen LogP contribution in [0.2, 0.25) is 0 Å². The van der Waals surface area contributed by atoms with Gasteiger partial charge in [0.05, 0.1) is 24.9 Å². The van der Waals surface area contributed by atoms with Crippen LogP contribution in [0.25, 0.3) is 0 Å². The van der Waals surface area contributed by atoms with E-state index in [1.54, 1.807) is 20.8 Å². The Morgan fingerprint density at radius 1 is 1.67 bits per heavy atom. The molecule has 0 spiro atoms. The van der Waals surface area contributed by atoms with Crippen molar-refractivity contribution in [2.24, 2.45) is 0 Å². The van der Waals surface area contributed by atoms with E-state index in [0.29, 0.717) is 19.8 Å². The van der Waals surface area contributed by atoms with Gasteiger partial charge < -0.3 is 20.5 Å². The van der Waals surface area contributed by atoms with Gasteiger partial charge in [-0.2, -0.15) is 0 Å². The molecule has 5 heteroatoms. The molecule has 1 rings (SSSR count). The van der Waals surface area contributed by atoms with Crippen LogP contribution in [0.15, 0.2) is 0 Å². The van der Waals surface area contributed by atoms with Crippen LogP contribution in [0.5, 0.6) is 0 Å². The van der Waals surface area contributed by atoms with Gasteiger partial charge in [0.1, 0.15) is 6.04 Å². The highest BCUT2D eigenvalue weighted by atomic mass is 16.5. The van der Waals surface area contributed by atoms with Crippen molar-refractivity contribution >= 4 is 5.91 Å². The zero-order chi connectivity index (χ0) is 11.5. The van der Waals surface area contributed by atoms with E-state index in [4.69, 9.17) is 4.74 Å². The Morgan fingerprint density at radius 2 is 2.33 bits per heavy atom. The molecular weight excluding hydrogens is 196 g/mol. The summed E-state index contributed by atoms with van der Waals surface area (Å²) in [4.78, 5) is 11.8. The number of hydrogen-bond donors (Lipinski definition) is 3. The number of hydrogen-bond acceptors (Lipinski definition) is 4. The third kappa shape index (κ3) is 3.44. The van der Waals surface area contributed by atoms with Gasteiger partial charge in [-0.25, -0.2) is 0 Å². The number of amides is 1. The Hall–Kier alpha value is -0.650. The maximum Gasteiger partial charge on any atom is 0.240 e. The lowest BCUT2D eigenvalue weighted by Gasteiger charge is -2.32. The van der Waals surface area contributed by atoms with E-state index in [-0.39, 0.29) is 11.9 Å². The normalized spacial score (nSPS) is 24.7. The van der Waals surface area contributed by atoms with E-state index in [9.17, 15) is 9.90 Å². The lowest BCUT2D eigenvalue weighted by Crippen LogP contribution is -2.59. The van der Waals surface area contributed by atoms with Crippen molar-refractivity contribution < 1.29 is 14.6 Å². The average Bonchev–Trinajstić information content (AvgIpc) is 2.18. The number of carbonyl (C=O) groups excluding carboxylic acids is 1. The van der Waals surface area contributed by atoms with Crippen molar-refractivity contribution in [2.75, 3.05) is 19.8 Å². The van der Waals surface area contributed by atoms with Crippen LogP contribution in [-0.2, 0) is 9.53 Å². The SMILES string of the molecule is CC(O)C(C)(C)NC(=O)C1COCCN1. The van der Waals surface area contributed by atoms with E-state index in [2.05, 4.69) is 10.6 Å². The molecule has 1 fully saturated rings. The van der Waals surface area contributed by atoms with Crippen LogP contribution < -0.4 is 10.6 Å². The molecule has 0 aromatic carbocycles. The molecule has 1 aliphatic heterocycles. The van der Waals surface area contributed by atoms with Gasteiger partial charge in [0.15, 0.2) is 0 Å². The van der Waals surface area contributed by atoms with E-state index < -0.39 is 11.6 Å². The van der Waals surface area contributed by atoms with Crippen LogP contribution in [0.1, 0.15) is 20.8 Å². The third-order valence-electron chi connectivity index (χ3n) is 2.73. The van der Waals surface area contributed by atoms with Crippen molar-refractivity contribution in [1.29, 1.82) is 0 Å². The summed E-state index contributed by atoms with van der Waals surface area (Å²) < 4.78 is 5.19. The Balaban J connectivity index is 2.47. The van der Waals surface area contributed by atoms with Crippen LogP contribution >= 0.6 is 0 Å². The van der Waals surface area contributed by atoms with E-state index in [1.165, 1.54) is 0 Å². The highest BCUT2D eigenvalue weighted by molar-refractivity contribution is 5.82. The first kappa shape index (κ1) is 12.4. The predicted molar refractivity (Wildman–Crippen MR) is 56.5 cm³/mol. The lowest BCUT2D eigenvalue weighted by molar-refractivity contribution is -0.128. The van der Waals surface area contributed by atoms with Crippen molar-refractivity contribution in [2.45, 2.75) is 38.5 Å². The van der Waals surface area contributed by atoms with Crippen molar-refractivity contribution in [3.63, 3.8) is 0 Å². The molecule has 1 heterocycles. The molecule has 0 radical (unpaired) electrons. The summed E-state index contributed by atoms with van der Waals surface area (Å²) in [5.41, 5.74) is -0.615. The second-order valence-corrected chi connectivity index (χ2v) is 4.47. The van der Waals surface area contributed by atoms with Crippen molar-refractivity contribution in [3.8, 4) is 0 Å². The molecule has 0 aliphatic carbocycles. The molecule has 1 amide bonds. The summed E-state index contributed by atoms with van der Waals surface area (Å²) >= 11 is 0. The summed E-state index contributed by atoms with van der Waals surface area (Å²) in [6.45, 7) is 6.96. The lowest BCUT2D eigenvalue weighted by atomic mass is 9.98. The Morgan fingerprint density at radius 3 is 2.80 bits per heavy atom. The van der Waals surface area contributed by atoms with Gasteiger partial charge in [-0.3, -0.25) is 4.79 Å². The molecule has 0 aromatic rings. The van der Waals surface area contributed by atoms with E-state index >= 15 is 0 Å². The van der Waals surface area contributed by atoms with Crippen LogP contribution in [-0.4, -0.2) is 48.5 Å². The summed E-state index contributed by atoms with van der Waals surface area (Å²) in [5.74, 6) is -0.124. The first-order chi connectivity index (χ1) is 6.93. The fourth-order valence-corrected chi connectivity index (χ4v) is 1.24. The summed E-state index contributed by atoms with van der Waals surface area (Å²) in [6.07, 6.45) is -0.592. The standard InChI is InChI=1S/C10H20N2O3/c1-7(13)10(2,3)12-9(14)8-6-15-5-4-11-8/h7-8,11,13H,4-6H2,1-3H3,(H,12,14). The van der Waals surface area contributed by atoms with Crippen molar-refractivity contribution in [1.82, 2.24) is 10.6 Å². The zero-order valence-corrected chi connectivity index (χ0v) is 9.54. The van der Waals surface area contributed by atoms with Gasteiger partial charge in [-0.05, 0) is 20.8 Å². The number of rotatable bonds is 3. The molecule has 15 heavy (non-hydrogen) atoms. The first-order valence-electron chi connectivity index (χ1n) is 5.24. The highest BCUT2D eigenvalue weighted by Crippen LogP contribution is 2.08. The van der Waals surface area contributed by atoms with Gasteiger partial charge in [0.2, 0.25) is 5.91 Å². The topological polar surface area (TPSA) is 70.6 Å². The molecule has 0 aromatic heterocycles. The average molecular weight is 216 g/mol. The monoisotopic (exact) mass is 216 g/mol. The summed E-state index contributed by atoms with van der Waals surface area (Å²) in [6, 6.07) is -0.309. The molecule has 0 saturated carbocycles. The van der Waals surface area contributed by atoms with E-state index in [1.807, 2.05) is 0 Å². The molecule has 88 valence electrons. The molecule has 2 unspecified atom stereocenters. The fourth-order valence-electron chi connectivity index (χ4n) is 1.24. The largest absolute Gasteiger partial charge is 0.391 e. The number of carbonyl (C=O) groups is 1. The summed E-state index contributed by atoms with van der Waals surface area (Å²) in [7, 11) is 0. The minimum Gasteiger partial charge on any atom is -0.391 e. The fraction of sp³-hybridized carbons (Fsp3) is 0.900.